The van der Waals surface area contributed by atoms with E-state index in [-0.39, 0.29) is 5.97 Å². The maximum Gasteiger partial charge on any atom is 0.343 e. The van der Waals surface area contributed by atoms with Crippen LogP contribution in [0.5, 0.6) is 11.5 Å². The van der Waals surface area contributed by atoms with Crippen molar-refractivity contribution in [1.82, 2.24) is 0 Å². The van der Waals surface area contributed by atoms with Crippen molar-refractivity contribution in [3.05, 3.63) is 120 Å². The van der Waals surface area contributed by atoms with Crippen LogP contribution in [-0.4, -0.2) is 5.97 Å². The first-order chi connectivity index (χ1) is 14.3. The Balaban J connectivity index is 1.35. The van der Waals surface area contributed by atoms with Crippen molar-refractivity contribution < 1.29 is 14.3 Å². The zero-order valence-electron chi connectivity index (χ0n) is 15.8. The summed E-state index contributed by atoms with van der Waals surface area (Å²) in [5, 5.41) is 0. The largest absolute Gasteiger partial charge is 0.489 e. The third-order valence-electron chi connectivity index (χ3n) is 4.51. The smallest absolute Gasteiger partial charge is 0.343 e. The van der Waals surface area contributed by atoms with Gasteiger partial charge >= 0.3 is 5.97 Å². The van der Waals surface area contributed by atoms with Gasteiger partial charge in [0, 0.05) is 0 Å². The SMILES string of the molecule is O=C(Oc1ccc(OCc2ccccc2)cc1)c1ccc(-c2ccccc2)cc1. The number of hydrogen-bond donors (Lipinski definition) is 0. The molecule has 0 aliphatic carbocycles. The van der Waals surface area contributed by atoms with E-state index in [1.165, 1.54) is 0 Å². The van der Waals surface area contributed by atoms with Gasteiger partial charge in [0.15, 0.2) is 0 Å². The van der Waals surface area contributed by atoms with Gasteiger partial charge in [-0.05, 0) is 53.1 Å². The molecule has 0 unspecified atom stereocenters. The molecule has 3 nitrogen and oxygen atoms in total. The number of hydrogen-bond acceptors (Lipinski definition) is 3. The molecule has 3 heteroatoms. The summed E-state index contributed by atoms with van der Waals surface area (Å²) in [6.45, 7) is 0.494. The van der Waals surface area contributed by atoms with E-state index in [2.05, 4.69) is 0 Å². The summed E-state index contributed by atoms with van der Waals surface area (Å²) in [5.74, 6) is 0.817. The molecule has 0 N–H and O–H groups in total. The van der Waals surface area contributed by atoms with E-state index >= 15 is 0 Å². The molecule has 0 saturated carbocycles. The minimum absolute atomic E-state index is 0.387. The first-order valence-corrected chi connectivity index (χ1v) is 9.42. The van der Waals surface area contributed by atoms with E-state index < -0.39 is 0 Å². The van der Waals surface area contributed by atoms with Crippen LogP contribution < -0.4 is 9.47 Å². The Kier molecular flexibility index (Phi) is 5.68. The number of benzene rings is 4. The maximum absolute atomic E-state index is 12.4. The highest BCUT2D eigenvalue weighted by molar-refractivity contribution is 5.91. The summed E-state index contributed by atoms with van der Waals surface area (Å²) in [7, 11) is 0. The highest BCUT2D eigenvalue weighted by Crippen LogP contribution is 2.22. The molecule has 0 aromatic heterocycles. The Hall–Kier alpha value is -3.85. The molecule has 0 fully saturated rings. The fraction of sp³-hybridized carbons (Fsp3) is 0.0385. The second-order valence-electron chi connectivity index (χ2n) is 6.58. The van der Waals surface area contributed by atoms with Gasteiger partial charge in [0.1, 0.15) is 18.1 Å². The van der Waals surface area contributed by atoms with Crippen molar-refractivity contribution >= 4 is 5.97 Å². The number of carbonyl (C=O) groups is 1. The number of ether oxygens (including phenoxy) is 2. The van der Waals surface area contributed by atoms with Crippen LogP contribution in [0.4, 0.5) is 0 Å². The molecule has 0 spiro atoms. The summed E-state index contributed by atoms with van der Waals surface area (Å²) in [6.07, 6.45) is 0. The van der Waals surface area contributed by atoms with Gasteiger partial charge in [-0.1, -0.05) is 72.8 Å². The molecule has 142 valence electrons. The molecule has 0 amide bonds. The molecular weight excluding hydrogens is 360 g/mol. The van der Waals surface area contributed by atoms with Crippen LogP contribution in [0.2, 0.25) is 0 Å². The lowest BCUT2D eigenvalue weighted by Gasteiger charge is -2.08. The van der Waals surface area contributed by atoms with Crippen molar-refractivity contribution in [2.24, 2.45) is 0 Å². The molecule has 0 radical (unpaired) electrons. The fourth-order valence-electron chi connectivity index (χ4n) is 2.94. The average molecular weight is 380 g/mol. The predicted octanol–water partition coefficient (Wildman–Crippen LogP) is 6.15. The summed E-state index contributed by atoms with van der Waals surface area (Å²) in [5.41, 5.74) is 3.77. The standard InChI is InChI=1S/C26H20O3/c27-26(23-13-11-22(12-14-23)21-9-5-2-6-10-21)29-25-17-15-24(16-18-25)28-19-20-7-3-1-4-8-20/h1-18H,19H2. The van der Waals surface area contributed by atoms with E-state index in [1.807, 2.05) is 72.8 Å². The van der Waals surface area contributed by atoms with Gasteiger partial charge in [0.25, 0.3) is 0 Å². The van der Waals surface area contributed by atoms with Crippen LogP contribution >= 0.6 is 0 Å². The van der Waals surface area contributed by atoms with Crippen LogP contribution in [0.15, 0.2) is 109 Å². The maximum atomic E-state index is 12.4. The van der Waals surface area contributed by atoms with Crippen LogP contribution in [0.1, 0.15) is 15.9 Å². The van der Waals surface area contributed by atoms with Gasteiger partial charge in [-0.15, -0.1) is 0 Å². The Morgan fingerprint density at radius 1 is 0.586 bits per heavy atom. The summed E-state index contributed by atoms with van der Waals surface area (Å²) in [4.78, 5) is 12.4. The molecule has 4 aromatic carbocycles. The second-order valence-corrected chi connectivity index (χ2v) is 6.58. The topological polar surface area (TPSA) is 35.5 Å². The van der Waals surface area contributed by atoms with E-state index in [0.717, 1.165) is 22.4 Å². The van der Waals surface area contributed by atoms with Crippen molar-refractivity contribution in [3.63, 3.8) is 0 Å². The fourth-order valence-corrected chi connectivity index (χ4v) is 2.94. The normalized spacial score (nSPS) is 10.3. The van der Waals surface area contributed by atoms with Crippen molar-refractivity contribution in [2.45, 2.75) is 6.61 Å². The Morgan fingerprint density at radius 2 is 1.14 bits per heavy atom. The lowest BCUT2D eigenvalue weighted by atomic mass is 10.0. The van der Waals surface area contributed by atoms with Gasteiger partial charge in [0.05, 0.1) is 5.56 Å². The molecule has 4 rings (SSSR count). The first-order valence-electron chi connectivity index (χ1n) is 9.42. The van der Waals surface area contributed by atoms with Gasteiger partial charge in [0.2, 0.25) is 0 Å². The van der Waals surface area contributed by atoms with Crippen LogP contribution in [-0.2, 0) is 6.61 Å². The zero-order chi connectivity index (χ0) is 19.9. The molecule has 0 heterocycles. The Labute approximate surface area is 170 Å². The van der Waals surface area contributed by atoms with Crippen molar-refractivity contribution in [3.8, 4) is 22.6 Å². The summed E-state index contributed by atoms with van der Waals surface area (Å²) >= 11 is 0. The van der Waals surface area contributed by atoms with Crippen LogP contribution in [0, 0.1) is 0 Å². The lowest BCUT2D eigenvalue weighted by molar-refractivity contribution is 0.0734. The third kappa shape index (κ3) is 4.90. The van der Waals surface area contributed by atoms with Crippen LogP contribution in [0.25, 0.3) is 11.1 Å². The minimum atomic E-state index is -0.387. The van der Waals surface area contributed by atoms with E-state index in [4.69, 9.17) is 9.47 Å². The first kappa shape index (κ1) is 18.5. The molecule has 0 atom stereocenters. The van der Waals surface area contributed by atoms with Gasteiger partial charge in [-0.2, -0.15) is 0 Å². The second kappa shape index (κ2) is 8.89. The quantitative estimate of drug-likeness (QED) is 0.297. The Morgan fingerprint density at radius 3 is 1.79 bits per heavy atom. The van der Waals surface area contributed by atoms with E-state index in [9.17, 15) is 4.79 Å². The molecule has 0 saturated heterocycles. The lowest BCUT2D eigenvalue weighted by Crippen LogP contribution is -2.08. The molecular formula is C26H20O3. The van der Waals surface area contributed by atoms with Crippen molar-refractivity contribution in [2.75, 3.05) is 0 Å². The highest BCUT2D eigenvalue weighted by atomic mass is 16.5. The minimum Gasteiger partial charge on any atom is -0.489 e. The summed E-state index contributed by atoms with van der Waals surface area (Å²) < 4.78 is 11.2. The highest BCUT2D eigenvalue weighted by Gasteiger charge is 2.09. The van der Waals surface area contributed by atoms with Gasteiger partial charge in [-0.3, -0.25) is 0 Å². The Bertz CT molecular complexity index is 1050. The van der Waals surface area contributed by atoms with Crippen LogP contribution in [0.3, 0.4) is 0 Å². The zero-order valence-corrected chi connectivity index (χ0v) is 15.8. The van der Waals surface area contributed by atoms with Crippen molar-refractivity contribution in [1.29, 1.82) is 0 Å². The monoisotopic (exact) mass is 380 g/mol. The molecule has 0 aliphatic heterocycles. The van der Waals surface area contributed by atoms with E-state index in [0.29, 0.717) is 17.9 Å². The average Bonchev–Trinajstić information content (AvgIpc) is 2.80. The van der Waals surface area contributed by atoms with Gasteiger partial charge in [-0.25, -0.2) is 4.79 Å². The number of carbonyl (C=O) groups excluding carboxylic acids is 1. The predicted molar refractivity (Wildman–Crippen MR) is 114 cm³/mol. The molecule has 29 heavy (non-hydrogen) atoms. The molecule has 0 aliphatic rings. The number of rotatable bonds is 6. The molecule has 4 aromatic rings. The molecule has 0 bridgehead atoms. The van der Waals surface area contributed by atoms with E-state index in [1.54, 1.807) is 36.4 Å². The summed E-state index contributed by atoms with van der Waals surface area (Å²) in [6, 6.07) is 34.5. The number of esters is 1. The van der Waals surface area contributed by atoms with Gasteiger partial charge < -0.3 is 9.47 Å². The third-order valence-corrected chi connectivity index (χ3v) is 4.51.